The highest BCUT2D eigenvalue weighted by Crippen LogP contribution is 2.37. The first-order valence-corrected chi connectivity index (χ1v) is 6.97. The molecule has 0 amide bonds. The predicted octanol–water partition coefficient (Wildman–Crippen LogP) is 5.32. The topological polar surface area (TPSA) is 0 Å². The summed E-state index contributed by atoms with van der Waals surface area (Å²) in [6.45, 7) is 4.44. The molecule has 0 saturated heterocycles. The minimum atomic E-state index is 0.640. The van der Waals surface area contributed by atoms with Crippen LogP contribution in [-0.2, 0) is 0 Å². The molecule has 0 nitrogen and oxygen atoms in total. The lowest BCUT2D eigenvalue weighted by atomic mass is 9.76. The molecule has 1 atom stereocenters. The van der Waals surface area contributed by atoms with Gasteiger partial charge in [0.15, 0.2) is 0 Å². The normalized spacial score (nSPS) is 18.7. The largest absolute Gasteiger partial charge is 0.0798 e. The third-order valence-corrected chi connectivity index (χ3v) is 3.86. The minimum absolute atomic E-state index is 0.640. The van der Waals surface area contributed by atoms with Gasteiger partial charge in [0.25, 0.3) is 0 Å². The van der Waals surface area contributed by atoms with Crippen molar-refractivity contribution in [2.75, 3.05) is 0 Å². The average Bonchev–Trinajstić information content (AvgIpc) is 2.38. The molecule has 92 valence electrons. The van der Waals surface area contributed by atoms with Crippen LogP contribution in [0.25, 0.3) is 0 Å². The quantitative estimate of drug-likeness (QED) is 0.614. The molecule has 1 saturated carbocycles. The Bertz CT molecular complexity index is 351. The van der Waals surface area contributed by atoms with Gasteiger partial charge in [-0.1, -0.05) is 61.2 Å². The molecule has 0 spiro atoms. The van der Waals surface area contributed by atoms with Crippen LogP contribution in [0.3, 0.4) is 0 Å². The zero-order valence-electron chi connectivity index (χ0n) is 11.2. The minimum Gasteiger partial charge on any atom is -0.0798 e. The van der Waals surface area contributed by atoms with E-state index in [0.29, 0.717) is 5.92 Å². The van der Waals surface area contributed by atoms with Gasteiger partial charge in [-0.25, -0.2) is 0 Å². The molecular weight excluding hydrogens is 204 g/mol. The summed E-state index contributed by atoms with van der Waals surface area (Å²) in [5.41, 5.74) is 2.95. The summed E-state index contributed by atoms with van der Waals surface area (Å²) in [4.78, 5) is 0. The lowest BCUT2D eigenvalue weighted by Crippen LogP contribution is -2.15. The van der Waals surface area contributed by atoms with Gasteiger partial charge in [-0.15, -0.1) is 0 Å². The van der Waals surface area contributed by atoms with Crippen molar-refractivity contribution in [1.29, 1.82) is 0 Å². The highest BCUT2D eigenvalue weighted by atomic mass is 14.3. The van der Waals surface area contributed by atoms with E-state index >= 15 is 0 Å². The Morgan fingerprint density at radius 1 is 1.06 bits per heavy atom. The van der Waals surface area contributed by atoms with E-state index in [1.165, 1.54) is 43.2 Å². The molecule has 0 unspecified atom stereocenters. The molecule has 0 bridgehead atoms. The SMILES string of the molecule is CC(C)=C[C@@H](c1ccccc1)C1CCCCC1. The second-order valence-electron chi connectivity index (χ2n) is 5.58. The predicted molar refractivity (Wildman–Crippen MR) is 75.2 cm³/mol. The van der Waals surface area contributed by atoms with Crippen molar-refractivity contribution in [3.8, 4) is 0 Å². The van der Waals surface area contributed by atoms with Gasteiger partial charge in [-0.05, 0) is 38.2 Å². The van der Waals surface area contributed by atoms with Crippen LogP contribution in [-0.4, -0.2) is 0 Å². The molecule has 0 radical (unpaired) electrons. The van der Waals surface area contributed by atoms with Gasteiger partial charge in [0, 0.05) is 5.92 Å². The van der Waals surface area contributed by atoms with E-state index in [1.807, 2.05) is 0 Å². The fourth-order valence-corrected chi connectivity index (χ4v) is 3.03. The lowest BCUT2D eigenvalue weighted by molar-refractivity contribution is 0.331. The van der Waals surface area contributed by atoms with Crippen molar-refractivity contribution in [3.63, 3.8) is 0 Å². The molecule has 1 aromatic carbocycles. The molecule has 1 aliphatic rings. The Labute approximate surface area is 106 Å². The first kappa shape index (κ1) is 12.4. The van der Waals surface area contributed by atoms with Crippen LogP contribution < -0.4 is 0 Å². The molecule has 17 heavy (non-hydrogen) atoms. The summed E-state index contributed by atoms with van der Waals surface area (Å²) in [6, 6.07) is 11.0. The van der Waals surface area contributed by atoms with E-state index in [1.54, 1.807) is 0 Å². The molecule has 0 heterocycles. The Morgan fingerprint density at radius 2 is 1.71 bits per heavy atom. The van der Waals surface area contributed by atoms with Crippen LogP contribution in [0.15, 0.2) is 42.0 Å². The number of hydrogen-bond donors (Lipinski definition) is 0. The molecular formula is C17H24. The van der Waals surface area contributed by atoms with Crippen LogP contribution in [0.1, 0.15) is 57.4 Å². The number of benzene rings is 1. The summed E-state index contributed by atoms with van der Waals surface area (Å²) >= 11 is 0. The fourth-order valence-electron chi connectivity index (χ4n) is 3.03. The number of hydrogen-bond acceptors (Lipinski definition) is 0. The van der Waals surface area contributed by atoms with Gasteiger partial charge < -0.3 is 0 Å². The van der Waals surface area contributed by atoms with Gasteiger partial charge in [0.05, 0.1) is 0 Å². The lowest BCUT2D eigenvalue weighted by Gasteiger charge is -2.29. The zero-order valence-corrected chi connectivity index (χ0v) is 11.2. The van der Waals surface area contributed by atoms with E-state index < -0.39 is 0 Å². The summed E-state index contributed by atoms with van der Waals surface area (Å²) in [7, 11) is 0. The van der Waals surface area contributed by atoms with Crippen molar-refractivity contribution in [1.82, 2.24) is 0 Å². The van der Waals surface area contributed by atoms with Crippen LogP contribution in [0.4, 0.5) is 0 Å². The Balaban J connectivity index is 2.21. The monoisotopic (exact) mass is 228 g/mol. The van der Waals surface area contributed by atoms with Crippen molar-refractivity contribution in [2.45, 2.75) is 51.9 Å². The Hall–Kier alpha value is -1.04. The van der Waals surface area contributed by atoms with Gasteiger partial charge in [0.2, 0.25) is 0 Å². The van der Waals surface area contributed by atoms with Gasteiger partial charge >= 0.3 is 0 Å². The van der Waals surface area contributed by atoms with E-state index in [-0.39, 0.29) is 0 Å². The van der Waals surface area contributed by atoms with Crippen LogP contribution in [0.5, 0.6) is 0 Å². The maximum atomic E-state index is 2.48. The second-order valence-corrected chi connectivity index (χ2v) is 5.58. The van der Waals surface area contributed by atoms with Crippen LogP contribution in [0, 0.1) is 5.92 Å². The van der Waals surface area contributed by atoms with E-state index in [4.69, 9.17) is 0 Å². The third-order valence-electron chi connectivity index (χ3n) is 3.86. The molecule has 1 aromatic rings. The molecule has 1 fully saturated rings. The molecule has 0 aromatic heterocycles. The van der Waals surface area contributed by atoms with Crippen LogP contribution >= 0.6 is 0 Å². The standard InChI is InChI=1S/C17H24/c1-14(2)13-17(15-9-5-3-6-10-15)16-11-7-4-8-12-16/h3,5-6,9-10,13,16-17H,4,7-8,11-12H2,1-2H3/t17-/m0/s1. The highest BCUT2D eigenvalue weighted by molar-refractivity contribution is 5.26. The van der Waals surface area contributed by atoms with Gasteiger partial charge in [-0.3, -0.25) is 0 Å². The summed E-state index contributed by atoms with van der Waals surface area (Å²) in [6.07, 6.45) is 9.57. The van der Waals surface area contributed by atoms with E-state index in [9.17, 15) is 0 Å². The number of rotatable bonds is 3. The molecule has 2 rings (SSSR count). The smallest absolute Gasteiger partial charge is 0.00487 e. The van der Waals surface area contributed by atoms with Gasteiger partial charge in [-0.2, -0.15) is 0 Å². The maximum Gasteiger partial charge on any atom is 0.00487 e. The molecule has 0 N–H and O–H groups in total. The van der Waals surface area contributed by atoms with Crippen LogP contribution in [0.2, 0.25) is 0 Å². The fraction of sp³-hybridized carbons (Fsp3) is 0.529. The molecule has 1 aliphatic carbocycles. The summed E-state index contributed by atoms with van der Waals surface area (Å²) < 4.78 is 0. The first-order valence-electron chi connectivity index (χ1n) is 6.97. The molecule has 0 heteroatoms. The zero-order chi connectivity index (χ0) is 12.1. The summed E-state index contributed by atoms with van der Waals surface area (Å²) in [5.74, 6) is 1.50. The van der Waals surface area contributed by atoms with Crippen molar-refractivity contribution < 1.29 is 0 Å². The summed E-state index contributed by atoms with van der Waals surface area (Å²) in [5, 5.41) is 0. The van der Waals surface area contributed by atoms with E-state index in [2.05, 4.69) is 50.3 Å². The van der Waals surface area contributed by atoms with Crippen molar-refractivity contribution >= 4 is 0 Å². The van der Waals surface area contributed by atoms with E-state index in [0.717, 1.165) is 5.92 Å². The Morgan fingerprint density at radius 3 is 2.29 bits per heavy atom. The van der Waals surface area contributed by atoms with Gasteiger partial charge in [0.1, 0.15) is 0 Å². The third kappa shape index (κ3) is 3.46. The van der Waals surface area contributed by atoms with Crippen molar-refractivity contribution in [2.24, 2.45) is 5.92 Å². The average molecular weight is 228 g/mol. The Kier molecular flexibility index (Phi) is 4.42. The number of allylic oxidation sites excluding steroid dienone is 2. The second kappa shape index (κ2) is 6.05. The highest BCUT2D eigenvalue weighted by Gasteiger charge is 2.22. The van der Waals surface area contributed by atoms with Crippen molar-refractivity contribution in [3.05, 3.63) is 47.5 Å². The first-order chi connectivity index (χ1) is 8.27. The molecule has 0 aliphatic heterocycles. The maximum absolute atomic E-state index is 2.48.